The number of hydrogen-bond acceptors (Lipinski definition) is 14. The lowest BCUT2D eigenvalue weighted by Gasteiger charge is -2.35. The molecule has 0 unspecified atom stereocenters. The second-order valence-electron chi connectivity index (χ2n) is 12.2. The number of aliphatic hydroxyl groups excluding tert-OH is 1. The van der Waals surface area contributed by atoms with Crippen molar-refractivity contribution in [3.63, 3.8) is 0 Å². The zero-order valence-electron chi connectivity index (χ0n) is 28.9. The van der Waals surface area contributed by atoms with Gasteiger partial charge in [0.05, 0.1) is 37.5 Å². The minimum absolute atomic E-state index is 0.00179. The third kappa shape index (κ3) is 10.4. The number of imidazole rings is 1. The molecule has 25 heteroatoms. The smallest absolute Gasteiger partial charge is 0.415 e. The zero-order valence-corrected chi connectivity index (χ0v) is 31.4. The SMILES string of the molecule is C[C@H](Cn1cnc2c(N)ncnc21)OCP(=O)(O)O.Nc1nc(=O)n([C@@H]2CS[C@H](CO)O2)cc1F.O=C1Nc2ccc(Cl)cc2[C@@](C#CC2CC2)(C(F)(F)F)O1. The molecule has 2 aliphatic heterocycles. The van der Waals surface area contributed by atoms with Crippen molar-refractivity contribution < 1.29 is 56.0 Å². The molecule has 302 valence electrons. The number of benzene rings is 1. The Labute approximate surface area is 323 Å². The first-order valence-corrected chi connectivity index (χ1v) is 19.4. The molecule has 8 N–H and O–H groups in total. The third-order valence-corrected chi connectivity index (χ3v) is 9.64. The highest BCUT2D eigenvalue weighted by atomic mass is 35.5. The number of rotatable bonds is 7. The summed E-state index contributed by atoms with van der Waals surface area (Å²) in [7, 11) is -4.16. The summed E-state index contributed by atoms with van der Waals surface area (Å²) in [6, 6.07) is 3.81. The molecule has 5 heterocycles. The van der Waals surface area contributed by atoms with Crippen LogP contribution in [-0.4, -0.2) is 86.5 Å². The highest BCUT2D eigenvalue weighted by Crippen LogP contribution is 2.48. The molecule has 3 aliphatic rings. The fourth-order valence-electron chi connectivity index (χ4n) is 4.99. The summed E-state index contributed by atoms with van der Waals surface area (Å²) in [6.07, 6.45) is -2.33. The number of nitrogens with two attached hydrogens (primary N) is 2. The van der Waals surface area contributed by atoms with E-state index in [2.05, 4.69) is 41.8 Å². The van der Waals surface area contributed by atoms with Crippen LogP contribution in [0.5, 0.6) is 0 Å². The van der Waals surface area contributed by atoms with Gasteiger partial charge in [-0.05, 0) is 43.9 Å². The Morgan fingerprint density at radius 1 is 1.21 bits per heavy atom. The number of aromatic nitrogens is 6. The highest BCUT2D eigenvalue weighted by Gasteiger charge is 2.62. The fourth-order valence-corrected chi connectivity index (χ4v) is 6.54. The van der Waals surface area contributed by atoms with Crippen molar-refractivity contribution in [2.45, 2.75) is 55.9 Å². The lowest BCUT2D eigenvalue weighted by atomic mass is 9.90. The van der Waals surface area contributed by atoms with Crippen molar-refractivity contribution in [3.8, 4) is 11.8 Å². The monoisotopic (exact) mass is 849 g/mol. The molecule has 0 bridgehead atoms. The minimum atomic E-state index is -4.87. The maximum Gasteiger partial charge on any atom is 0.445 e. The van der Waals surface area contributed by atoms with Crippen LogP contribution in [0.2, 0.25) is 5.02 Å². The first kappa shape index (κ1) is 42.6. The molecule has 4 atom stereocenters. The molecule has 0 radical (unpaired) electrons. The number of hydrogen-bond donors (Lipinski definition) is 6. The average Bonchev–Trinajstić information content (AvgIpc) is 3.68. The quantitative estimate of drug-likeness (QED) is 0.0882. The Morgan fingerprint density at radius 3 is 2.59 bits per heavy atom. The number of amides is 1. The van der Waals surface area contributed by atoms with Gasteiger partial charge < -0.3 is 45.1 Å². The van der Waals surface area contributed by atoms with Crippen LogP contribution in [0, 0.1) is 23.6 Å². The van der Waals surface area contributed by atoms with Gasteiger partial charge in [-0.15, -0.1) is 11.8 Å². The van der Waals surface area contributed by atoms with Crippen molar-refractivity contribution in [2.75, 3.05) is 35.5 Å². The Balaban J connectivity index is 0.000000162. The minimum Gasteiger partial charge on any atom is -0.415 e. The van der Waals surface area contributed by atoms with Crippen LogP contribution in [0.4, 0.5) is 39.7 Å². The molecule has 1 amide bonds. The molecule has 1 saturated carbocycles. The Hall–Kier alpha value is -4.53. The van der Waals surface area contributed by atoms with E-state index in [9.17, 15) is 31.7 Å². The molecule has 56 heavy (non-hydrogen) atoms. The molecular weight excluding hydrogens is 817 g/mol. The van der Waals surface area contributed by atoms with Gasteiger partial charge in [0, 0.05) is 22.3 Å². The van der Waals surface area contributed by atoms with E-state index in [0.717, 1.165) is 29.7 Å². The predicted molar refractivity (Wildman–Crippen MR) is 193 cm³/mol. The molecule has 2 fully saturated rings. The predicted octanol–water partition coefficient (Wildman–Crippen LogP) is 3.57. The molecular formula is C31H33ClF4N9O9PS. The van der Waals surface area contributed by atoms with Crippen molar-refractivity contribution in [3.05, 3.63) is 63.9 Å². The first-order chi connectivity index (χ1) is 26.3. The third-order valence-electron chi connectivity index (χ3n) is 7.81. The number of carbonyl (C=O) groups is 1. The molecule has 4 aromatic rings. The van der Waals surface area contributed by atoms with E-state index in [0.29, 0.717) is 23.5 Å². The Morgan fingerprint density at radius 2 is 1.95 bits per heavy atom. The number of halogens is 5. The van der Waals surface area contributed by atoms with Gasteiger partial charge in [0.25, 0.3) is 5.60 Å². The second kappa shape index (κ2) is 17.3. The van der Waals surface area contributed by atoms with Gasteiger partial charge in [0.15, 0.2) is 23.1 Å². The standard InChI is InChI=1S/C14H9ClF3NO2.C9H14N5O4P.C8H10FN3O3S/c15-9-3-4-11-10(7-9)13(14(16,17)18,21-12(20)19-11)6-5-8-1-2-8;1-6(18-5-19(15,16)17)2-14-4-13-7-8(10)11-3-12-9(7)14;9-4-1-12(8(14)11-7(4)10)5-3-16-6(2-13)15-5/h3-4,7-8H,1-2H2,(H,19,20);3-4,6H,2,5H2,1H3,(H2,10,11,12)(H2,15,16,17);1,5-6,13H,2-3H2,(H2,10,11,14)/t13-;6-;5-,6+/m010/s1. The second-order valence-corrected chi connectivity index (χ2v) is 15.4. The molecule has 1 aromatic carbocycles. The van der Waals surface area contributed by atoms with Crippen LogP contribution < -0.4 is 22.5 Å². The van der Waals surface area contributed by atoms with Crippen molar-refractivity contribution in [1.82, 2.24) is 29.1 Å². The number of fused-ring (bicyclic) bond motifs is 2. The van der Waals surface area contributed by atoms with Crippen LogP contribution in [0.25, 0.3) is 11.2 Å². The summed E-state index contributed by atoms with van der Waals surface area (Å²) in [5.41, 5.74) is 7.53. The summed E-state index contributed by atoms with van der Waals surface area (Å²) in [6.45, 7) is 1.90. The van der Waals surface area contributed by atoms with Gasteiger partial charge in [-0.2, -0.15) is 18.2 Å². The number of alkyl halides is 3. The summed E-state index contributed by atoms with van der Waals surface area (Å²) >= 11 is 7.13. The number of nitrogens with one attached hydrogen (secondary N) is 1. The number of ether oxygens (including phenoxy) is 3. The molecule has 18 nitrogen and oxygen atoms in total. The summed E-state index contributed by atoms with van der Waals surface area (Å²) in [5, 5.41) is 11.2. The molecule has 1 aliphatic carbocycles. The van der Waals surface area contributed by atoms with E-state index >= 15 is 0 Å². The number of anilines is 3. The van der Waals surface area contributed by atoms with Crippen molar-refractivity contribution in [1.29, 1.82) is 0 Å². The van der Waals surface area contributed by atoms with Gasteiger partial charge in [-0.25, -0.2) is 28.9 Å². The van der Waals surface area contributed by atoms with E-state index in [1.165, 1.54) is 36.5 Å². The van der Waals surface area contributed by atoms with Crippen LogP contribution >= 0.6 is 31.0 Å². The largest absolute Gasteiger partial charge is 0.445 e. The average molecular weight is 850 g/mol. The molecule has 0 spiro atoms. The maximum atomic E-state index is 13.6. The van der Waals surface area contributed by atoms with Gasteiger partial charge in [0.2, 0.25) is 0 Å². The van der Waals surface area contributed by atoms with E-state index in [1.54, 1.807) is 11.5 Å². The topological polar surface area (TPSA) is 265 Å². The summed E-state index contributed by atoms with van der Waals surface area (Å²) in [5.74, 6) is 4.15. The van der Waals surface area contributed by atoms with Crippen LogP contribution in [0.3, 0.4) is 0 Å². The molecule has 1 saturated heterocycles. The summed E-state index contributed by atoms with van der Waals surface area (Å²) in [4.78, 5) is 55.7. The van der Waals surface area contributed by atoms with Crippen LogP contribution in [-0.2, 0) is 30.9 Å². The van der Waals surface area contributed by atoms with E-state index < -0.39 is 66.9 Å². The number of carbonyl (C=O) groups excluding carboxylic acids is 1. The van der Waals surface area contributed by atoms with Gasteiger partial charge in [-0.1, -0.05) is 17.5 Å². The first-order valence-electron chi connectivity index (χ1n) is 16.2. The molecule has 3 aromatic heterocycles. The van der Waals surface area contributed by atoms with E-state index in [4.69, 9.17) is 47.4 Å². The van der Waals surface area contributed by atoms with Crippen LogP contribution in [0.1, 0.15) is 31.6 Å². The molecule has 7 rings (SSSR count). The number of aliphatic hydroxyl groups is 1. The van der Waals surface area contributed by atoms with Crippen molar-refractivity contribution in [2.24, 2.45) is 5.92 Å². The lowest BCUT2D eigenvalue weighted by molar-refractivity contribution is -0.239. The Bertz CT molecular complexity index is 2250. The highest BCUT2D eigenvalue weighted by molar-refractivity contribution is 8.00. The normalized spacial score (nSPS) is 20.9. The van der Waals surface area contributed by atoms with Crippen LogP contribution in [0.15, 0.2) is 41.8 Å². The van der Waals surface area contributed by atoms with E-state index in [1.807, 2.05) is 0 Å². The number of cyclic esters (lactones) is 1. The number of thioether (sulfide) groups is 1. The zero-order chi connectivity index (χ0) is 41.0. The van der Waals surface area contributed by atoms with E-state index in [-0.39, 0.29) is 34.6 Å². The summed E-state index contributed by atoms with van der Waals surface area (Å²) < 4.78 is 82.3. The van der Waals surface area contributed by atoms with Gasteiger partial charge in [-0.3, -0.25) is 14.4 Å². The fraction of sp³-hybridized carbons (Fsp3) is 0.419. The van der Waals surface area contributed by atoms with Gasteiger partial charge in [0.1, 0.15) is 29.9 Å². The Kier molecular flexibility index (Phi) is 13.2. The lowest BCUT2D eigenvalue weighted by Crippen LogP contribution is -2.49. The number of nitrogen functional groups attached to an aromatic ring is 2. The maximum absolute atomic E-state index is 13.6. The number of nitrogens with zero attached hydrogens (tertiary/aromatic N) is 6. The van der Waals surface area contributed by atoms with Gasteiger partial charge >= 0.3 is 25.6 Å². The van der Waals surface area contributed by atoms with Crippen molar-refractivity contribution >= 4 is 65.5 Å².